The van der Waals surface area contributed by atoms with E-state index < -0.39 is 0 Å². The summed E-state index contributed by atoms with van der Waals surface area (Å²) in [6.07, 6.45) is 12.6. The van der Waals surface area contributed by atoms with E-state index in [1.54, 1.807) is 0 Å². The van der Waals surface area contributed by atoms with Gasteiger partial charge in [0, 0.05) is 6.42 Å². The third-order valence-corrected chi connectivity index (χ3v) is 8.59. The van der Waals surface area contributed by atoms with Crippen LogP contribution in [0.15, 0.2) is 0 Å². The van der Waals surface area contributed by atoms with E-state index in [4.69, 9.17) is 14.2 Å². The van der Waals surface area contributed by atoms with Crippen LogP contribution in [0.3, 0.4) is 0 Å². The Labute approximate surface area is 171 Å². The van der Waals surface area contributed by atoms with Crippen molar-refractivity contribution in [1.82, 2.24) is 0 Å². The van der Waals surface area contributed by atoms with E-state index in [2.05, 4.69) is 13.8 Å². The maximum atomic E-state index is 11.9. The van der Waals surface area contributed by atoms with Crippen LogP contribution in [-0.2, 0) is 19.0 Å². The van der Waals surface area contributed by atoms with Crippen LogP contribution in [0, 0.1) is 41.4 Å². The van der Waals surface area contributed by atoms with Gasteiger partial charge in [0.25, 0.3) is 0 Å². The number of hydrogen-bond donors (Lipinski definition) is 0. The molecule has 8 atom stereocenters. The first-order valence-corrected chi connectivity index (χ1v) is 12.1. The van der Waals surface area contributed by atoms with Gasteiger partial charge in [0.15, 0.2) is 0 Å². The monoisotopic (exact) mass is 392 g/mol. The summed E-state index contributed by atoms with van der Waals surface area (Å²) in [5.74, 6) is 7.11. The molecule has 3 saturated carbocycles. The molecule has 0 N–H and O–H groups in total. The minimum absolute atomic E-state index is 0.0691. The van der Waals surface area contributed by atoms with Crippen molar-refractivity contribution in [3.63, 3.8) is 0 Å². The van der Waals surface area contributed by atoms with Crippen molar-refractivity contribution in [2.75, 3.05) is 20.0 Å². The summed E-state index contributed by atoms with van der Waals surface area (Å²) in [5, 5.41) is 0. The normalized spacial score (nSPS) is 41.5. The Bertz CT molecular complexity index is 515. The predicted octanol–water partition coefficient (Wildman–Crippen LogP) is 5.20. The average Bonchev–Trinajstić information content (AvgIpc) is 3.47. The molecule has 4 rings (SSSR count). The van der Waals surface area contributed by atoms with Gasteiger partial charge in [-0.2, -0.15) is 0 Å². The second-order valence-electron chi connectivity index (χ2n) is 9.94. The van der Waals surface area contributed by atoms with Crippen molar-refractivity contribution in [1.29, 1.82) is 0 Å². The van der Waals surface area contributed by atoms with Crippen molar-refractivity contribution < 1.29 is 19.0 Å². The molecule has 160 valence electrons. The van der Waals surface area contributed by atoms with E-state index in [0.29, 0.717) is 26.4 Å². The number of esters is 1. The second-order valence-corrected chi connectivity index (χ2v) is 9.94. The lowest BCUT2D eigenvalue weighted by Gasteiger charge is -2.36. The van der Waals surface area contributed by atoms with Crippen LogP contribution in [0.25, 0.3) is 0 Å². The van der Waals surface area contributed by atoms with Crippen LogP contribution in [0.5, 0.6) is 0 Å². The molecule has 1 aliphatic heterocycles. The fourth-order valence-corrected chi connectivity index (χ4v) is 7.44. The van der Waals surface area contributed by atoms with E-state index in [1.807, 2.05) is 0 Å². The lowest BCUT2D eigenvalue weighted by molar-refractivity contribution is -0.146. The van der Waals surface area contributed by atoms with Gasteiger partial charge in [-0.05, 0) is 67.1 Å². The molecule has 0 aromatic rings. The molecule has 4 heteroatoms. The molecule has 0 aromatic heterocycles. The van der Waals surface area contributed by atoms with E-state index in [0.717, 1.165) is 54.3 Å². The Morgan fingerprint density at radius 2 is 1.79 bits per heavy atom. The van der Waals surface area contributed by atoms with Gasteiger partial charge < -0.3 is 14.2 Å². The summed E-state index contributed by atoms with van der Waals surface area (Å²) in [6.45, 7) is 6.04. The zero-order valence-corrected chi connectivity index (χ0v) is 17.9. The van der Waals surface area contributed by atoms with Gasteiger partial charge in [-0.15, -0.1) is 0 Å². The number of carbonyl (C=O) groups excluding carboxylic acids is 1. The number of hydrogen-bond acceptors (Lipinski definition) is 4. The highest BCUT2D eigenvalue weighted by atomic mass is 16.7. The number of unbranched alkanes of at least 4 members (excludes halogenated alkanes) is 2. The second kappa shape index (κ2) is 9.47. The van der Waals surface area contributed by atoms with E-state index in [9.17, 15) is 4.79 Å². The third kappa shape index (κ3) is 4.28. The van der Waals surface area contributed by atoms with Crippen molar-refractivity contribution in [2.24, 2.45) is 41.4 Å². The smallest absolute Gasteiger partial charge is 0.305 e. The van der Waals surface area contributed by atoms with Crippen LogP contribution >= 0.6 is 0 Å². The minimum atomic E-state index is -0.0828. The van der Waals surface area contributed by atoms with Gasteiger partial charge in [-0.25, -0.2) is 0 Å². The predicted molar refractivity (Wildman–Crippen MR) is 109 cm³/mol. The molecule has 0 amide bonds. The minimum Gasteiger partial charge on any atom is -0.463 e. The number of rotatable bonds is 10. The quantitative estimate of drug-likeness (QED) is 0.379. The van der Waals surface area contributed by atoms with Crippen LogP contribution < -0.4 is 0 Å². The summed E-state index contributed by atoms with van der Waals surface area (Å²) in [4.78, 5) is 11.9. The highest BCUT2D eigenvalue weighted by molar-refractivity contribution is 5.69. The molecule has 1 heterocycles. The molecular formula is C24H40O4. The fourth-order valence-electron chi connectivity index (χ4n) is 7.44. The molecule has 4 aliphatic rings. The van der Waals surface area contributed by atoms with Crippen molar-refractivity contribution >= 4 is 5.97 Å². The highest BCUT2D eigenvalue weighted by Gasteiger charge is 2.58. The highest BCUT2D eigenvalue weighted by Crippen LogP contribution is 2.66. The van der Waals surface area contributed by atoms with E-state index in [-0.39, 0.29) is 12.1 Å². The Morgan fingerprint density at radius 1 is 0.964 bits per heavy atom. The molecule has 0 spiro atoms. The van der Waals surface area contributed by atoms with Gasteiger partial charge in [0.1, 0.15) is 19.5 Å². The van der Waals surface area contributed by atoms with Crippen LogP contribution in [0.2, 0.25) is 0 Å². The van der Waals surface area contributed by atoms with Gasteiger partial charge >= 0.3 is 5.97 Å². The van der Waals surface area contributed by atoms with Crippen molar-refractivity contribution in [3.8, 4) is 0 Å². The largest absolute Gasteiger partial charge is 0.463 e. The molecule has 28 heavy (non-hydrogen) atoms. The van der Waals surface area contributed by atoms with Gasteiger partial charge in [0.2, 0.25) is 0 Å². The lowest BCUT2D eigenvalue weighted by atomic mass is 9.69. The maximum Gasteiger partial charge on any atom is 0.305 e. The molecule has 2 bridgehead atoms. The fraction of sp³-hybridized carbons (Fsp3) is 0.958. The van der Waals surface area contributed by atoms with E-state index >= 15 is 0 Å². The Hall–Kier alpha value is -0.610. The zero-order chi connectivity index (χ0) is 19.5. The van der Waals surface area contributed by atoms with Crippen LogP contribution in [-0.4, -0.2) is 32.1 Å². The Balaban J connectivity index is 1.13. The Kier molecular flexibility index (Phi) is 6.98. The summed E-state index contributed by atoms with van der Waals surface area (Å²) in [5.41, 5.74) is 0. The topological polar surface area (TPSA) is 44.8 Å². The van der Waals surface area contributed by atoms with Crippen LogP contribution in [0.1, 0.15) is 78.1 Å². The molecule has 0 aromatic carbocycles. The first kappa shape index (κ1) is 20.7. The first-order valence-electron chi connectivity index (χ1n) is 12.1. The average molecular weight is 393 g/mol. The molecule has 4 fully saturated rings. The molecule has 1 saturated heterocycles. The van der Waals surface area contributed by atoms with Gasteiger partial charge in [-0.3, -0.25) is 4.79 Å². The van der Waals surface area contributed by atoms with Crippen molar-refractivity contribution in [3.05, 3.63) is 0 Å². The van der Waals surface area contributed by atoms with Gasteiger partial charge in [-0.1, -0.05) is 46.0 Å². The van der Waals surface area contributed by atoms with Gasteiger partial charge in [0.05, 0.1) is 6.61 Å². The summed E-state index contributed by atoms with van der Waals surface area (Å²) < 4.78 is 15.7. The summed E-state index contributed by atoms with van der Waals surface area (Å²) >= 11 is 0. The maximum absolute atomic E-state index is 11.9. The summed E-state index contributed by atoms with van der Waals surface area (Å²) in [7, 11) is 0. The molecule has 8 unspecified atom stereocenters. The number of fused-ring (bicyclic) bond motifs is 5. The number of ether oxygens (including phenoxy) is 3. The lowest BCUT2D eigenvalue weighted by Crippen LogP contribution is -2.29. The first-order chi connectivity index (χ1) is 13.7. The third-order valence-electron chi connectivity index (χ3n) is 8.59. The molecule has 3 aliphatic carbocycles. The van der Waals surface area contributed by atoms with Crippen molar-refractivity contribution in [2.45, 2.75) is 84.2 Å². The SMILES string of the molecule is CCC1CC(CC)C2C3CC(CC3CCCCCC(=O)OCC3COCO3)C12. The molecule has 0 radical (unpaired) electrons. The Morgan fingerprint density at radius 3 is 2.54 bits per heavy atom. The summed E-state index contributed by atoms with van der Waals surface area (Å²) in [6, 6.07) is 0. The molecule has 4 nitrogen and oxygen atoms in total. The standard InChI is InChI=1S/C24H40O4/c1-3-16-10-17(4-2)24-21-12-19(23(16)24)11-18(21)8-6-5-7-9-22(25)27-14-20-13-26-15-28-20/h16-21,23-24H,3-15H2,1-2H3. The number of carbonyl (C=O) groups is 1. The molecular weight excluding hydrogens is 352 g/mol. The van der Waals surface area contributed by atoms with E-state index in [1.165, 1.54) is 44.9 Å². The van der Waals surface area contributed by atoms with Crippen LogP contribution in [0.4, 0.5) is 0 Å². The zero-order valence-electron chi connectivity index (χ0n) is 17.9.